The van der Waals surface area contributed by atoms with Crippen molar-refractivity contribution in [2.75, 3.05) is 37.6 Å². The highest BCUT2D eigenvalue weighted by atomic mass is 32.1. The Morgan fingerprint density at radius 1 is 1.00 bits per heavy atom. The number of cyclic esters (lactones) is 1. The lowest BCUT2D eigenvalue weighted by Crippen LogP contribution is -2.46. The quantitative estimate of drug-likeness (QED) is 0.589. The van der Waals surface area contributed by atoms with Crippen LogP contribution in [-0.4, -0.2) is 43.6 Å². The fraction of sp³-hybridized carbons (Fsp3) is 0.348. The number of fused-ring (bicyclic) bond motifs is 2. The summed E-state index contributed by atoms with van der Waals surface area (Å²) in [7, 11) is 0. The van der Waals surface area contributed by atoms with Crippen LogP contribution in [-0.2, 0) is 4.74 Å². The topological polar surface area (TPSA) is 32.8 Å². The smallest absolute Gasteiger partial charge is 0.339 e. The van der Waals surface area contributed by atoms with Crippen LogP contribution in [0, 0.1) is 0 Å². The van der Waals surface area contributed by atoms with Crippen LogP contribution < -0.4 is 4.90 Å². The minimum Gasteiger partial charge on any atom is -0.454 e. The Balaban J connectivity index is 1.13. The second-order valence-corrected chi connectivity index (χ2v) is 8.48. The number of carbonyl (C=O) groups is 1. The first-order chi connectivity index (χ1) is 13.8. The van der Waals surface area contributed by atoms with E-state index in [2.05, 4.69) is 39.4 Å². The first-order valence-electron chi connectivity index (χ1n) is 10.0. The first-order valence-corrected chi connectivity index (χ1v) is 10.9. The molecular formula is C23H24N2O2S. The molecule has 5 heteroatoms. The number of hydrogen-bond acceptors (Lipinski definition) is 5. The van der Waals surface area contributed by atoms with Crippen molar-refractivity contribution in [1.82, 2.24) is 4.90 Å². The summed E-state index contributed by atoms with van der Waals surface area (Å²) >= 11 is 1.83. The van der Waals surface area contributed by atoms with Crippen LogP contribution in [0.1, 0.15) is 34.9 Å². The van der Waals surface area contributed by atoms with Gasteiger partial charge in [0.1, 0.15) is 6.10 Å². The van der Waals surface area contributed by atoms with Gasteiger partial charge in [0, 0.05) is 47.2 Å². The third kappa shape index (κ3) is 3.29. The van der Waals surface area contributed by atoms with Crippen LogP contribution >= 0.6 is 11.3 Å². The third-order valence-electron chi connectivity index (χ3n) is 5.89. The lowest BCUT2D eigenvalue weighted by Gasteiger charge is -2.36. The molecule has 2 aliphatic rings. The predicted octanol–water partition coefficient (Wildman–Crippen LogP) is 4.72. The van der Waals surface area contributed by atoms with Crippen molar-refractivity contribution < 1.29 is 9.53 Å². The minimum absolute atomic E-state index is 0.0674. The van der Waals surface area contributed by atoms with Gasteiger partial charge in [-0.25, -0.2) is 4.79 Å². The van der Waals surface area contributed by atoms with Gasteiger partial charge in [-0.05, 0) is 31.5 Å². The molecule has 2 aliphatic heterocycles. The standard InChI is InChI=1S/C23H24N2O2S/c26-23-18-7-2-1-6-17(18)21(27-23)9-5-11-24-12-14-25(15-13-24)20-16-28-22-10-4-3-8-19(20)22/h1-4,6-8,10,16,21H,5,9,11-15H2. The number of esters is 1. The lowest BCUT2D eigenvalue weighted by atomic mass is 10.0. The summed E-state index contributed by atoms with van der Waals surface area (Å²) in [6, 6.07) is 16.4. The van der Waals surface area contributed by atoms with E-state index < -0.39 is 0 Å². The Labute approximate surface area is 169 Å². The molecule has 0 bridgehead atoms. The van der Waals surface area contributed by atoms with Gasteiger partial charge in [-0.15, -0.1) is 11.3 Å². The summed E-state index contributed by atoms with van der Waals surface area (Å²) in [4.78, 5) is 17.0. The van der Waals surface area contributed by atoms with Gasteiger partial charge in [-0.3, -0.25) is 4.90 Å². The van der Waals surface area contributed by atoms with Crippen molar-refractivity contribution in [2.24, 2.45) is 0 Å². The molecule has 0 spiro atoms. The van der Waals surface area contributed by atoms with Crippen molar-refractivity contribution in [3.05, 3.63) is 65.0 Å². The van der Waals surface area contributed by atoms with Crippen molar-refractivity contribution in [3.63, 3.8) is 0 Å². The molecule has 28 heavy (non-hydrogen) atoms. The molecule has 1 aromatic heterocycles. The molecule has 0 saturated carbocycles. The minimum atomic E-state index is -0.169. The molecule has 2 aromatic carbocycles. The first kappa shape index (κ1) is 17.7. The summed E-state index contributed by atoms with van der Waals surface area (Å²) in [6.07, 6.45) is 1.88. The number of benzene rings is 2. The molecule has 4 nitrogen and oxygen atoms in total. The van der Waals surface area contributed by atoms with E-state index in [1.54, 1.807) is 0 Å². The molecule has 5 rings (SSSR count). The van der Waals surface area contributed by atoms with Crippen molar-refractivity contribution in [2.45, 2.75) is 18.9 Å². The maximum atomic E-state index is 11.9. The van der Waals surface area contributed by atoms with E-state index in [4.69, 9.17) is 4.74 Å². The van der Waals surface area contributed by atoms with Gasteiger partial charge in [0.25, 0.3) is 0 Å². The zero-order chi connectivity index (χ0) is 18.9. The largest absolute Gasteiger partial charge is 0.454 e. The Morgan fingerprint density at radius 2 is 1.79 bits per heavy atom. The fourth-order valence-electron chi connectivity index (χ4n) is 4.36. The molecule has 0 N–H and O–H groups in total. The Bertz CT molecular complexity index is 991. The highest BCUT2D eigenvalue weighted by Gasteiger charge is 2.30. The molecule has 3 aromatic rings. The van der Waals surface area contributed by atoms with Crippen LogP contribution in [0.25, 0.3) is 10.1 Å². The number of ether oxygens (including phenoxy) is 1. The Kier molecular flexibility index (Phi) is 4.79. The third-order valence-corrected chi connectivity index (χ3v) is 6.84. The van der Waals surface area contributed by atoms with Crippen molar-refractivity contribution in [3.8, 4) is 0 Å². The molecule has 1 unspecified atom stereocenters. The zero-order valence-electron chi connectivity index (χ0n) is 15.8. The van der Waals surface area contributed by atoms with E-state index in [1.807, 2.05) is 35.6 Å². The highest BCUT2D eigenvalue weighted by Crippen LogP contribution is 2.34. The van der Waals surface area contributed by atoms with Gasteiger partial charge in [0.05, 0.1) is 11.3 Å². The van der Waals surface area contributed by atoms with E-state index in [-0.39, 0.29) is 12.1 Å². The predicted molar refractivity (Wildman–Crippen MR) is 114 cm³/mol. The number of nitrogens with zero attached hydrogens (tertiary/aromatic N) is 2. The summed E-state index contributed by atoms with van der Waals surface area (Å²) in [6.45, 7) is 5.38. The van der Waals surface area contributed by atoms with Gasteiger partial charge in [-0.2, -0.15) is 0 Å². The molecule has 0 radical (unpaired) electrons. The molecule has 1 saturated heterocycles. The van der Waals surface area contributed by atoms with E-state index >= 15 is 0 Å². The molecule has 144 valence electrons. The second kappa shape index (κ2) is 7.57. The number of hydrogen-bond donors (Lipinski definition) is 0. The summed E-state index contributed by atoms with van der Waals surface area (Å²) in [5.41, 5.74) is 3.18. The van der Waals surface area contributed by atoms with Gasteiger partial charge in [-0.1, -0.05) is 36.4 Å². The molecule has 1 atom stereocenters. The fourth-order valence-corrected chi connectivity index (χ4v) is 5.33. The van der Waals surface area contributed by atoms with Gasteiger partial charge in [0.2, 0.25) is 0 Å². The number of carbonyl (C=O) groups excluding carboxylic acids is 1. The zero-order valence-corrected chi connectivity index (χ0v) is 16.7. The van der Waals surface area contributed by atoms with Gasteiger partial charge >= 0.3 is 5.97 Å². The SMILES string of the molecule is O=C1OC(CCCN2CCN(c3csc4ccccc34)CC2)c2ccccc21. The number of anilines is 1. The van der Waals surface area contributed by atoms with E-state index in [9.17, 15) is 4.79 Å². The molecular weight excluding hydrogens is 368 g/mol. The Hall–Kier alpha value is -2.37. The highest BCUT2D eigenvalue weighted by molar-refractivity contribution is 7.17. The van der Waals surface area contributed by atoms with Gasteiger partial charge in [0.15, 0.2) is 0 Å². The van der Waals surface area contributed by atoms with Gasteiger partial charge < -0.3 is 9.64 Å². The molecule has 3 heterocycles. The lowest BCUT2D eigenvalue weighted by molar-refractivity contribution is 0.0358. The summed E-state index contributed by atoms with van der Waals surface area (Å²) in [5, 5.41) is 3.68. The van der Waals surface area contributed by atoms with Crippen LogP contribution in [0.4, 0.5) is 5.69 Å². The summed E-state index contributed by atoms with van der Waals surface area (Å²) in [5.74, 6) is -0.169. The van der Waals surface area contributed by atoms with Crippen LogP contribution in [0.15, 0.2) is 53.9 Å². The van der Waals surface area contributed by atoms with E-state index in [0.29, 0.717) is 0 Å². The molecule has 0 amide bonds. The normalized spacial score (nSPS) is 19.8. The number of thiophene rings is 1. The number of piperazine rings is 1. The van der Waals surface area contributed by atoms with E-state index in [0.717, 1.165) is 56.7 Å². The molecule has 1 fully saturated rings. The maximum Gasteiger partial charge on any atom is 0.339 e. The van der Waals surface area contributed by atoms with Crippen molar-refractivity contribution in [1.29, 1.82) is 0 Å². The molecule has 0 aliphatic carbocycles. The van der Waals surface area contributed by atoms with Crippen LogP contribution in [0.2, 0.25) is 0 Å². The van der Waals surface area contributed by atoms with Crippen LogP contribution in [0.3, 0.4) is 0 Å². The van der Waals surface area contributed by atoms with Crippen LogP contribution in [0.5, 0.6) is 0 Å². The second-order valence-electron chi connectivity index (χ2n) is 7.57. The monoisotopic (exact) mass is 392 g/mol. The summed E-state index contributed by atoms with van der Waals surface area (Å²) < 4.78 is 6.93. The van der Waals surface area contributed by atoms with E-state index in [1.165, 1.54) is 15.8 Å². The average Bonchev–Trinajstić information content (AvgIpc) is 3.31. The Morgan fingerprint density at radius 3 is 2.68 bits per heavy atom. The average molecular weight is 393 g/mol. The van der Waals surface area contributed by atoms with Crippen molar-refractivity contribution >= 4 is 33.1 Å². The number of rotatable bonds is 5. The maximum absolute atomic E-state index is 11.9.